The van der Waals surface area contributed by atoms with E-state index in [0.29, 0.717) is 6.61 Å². The minimum absolute atomic E-state index is 0.0409. The quantitative estimate of drug-likeness (QED) is 0.413. The number of rotatable bonds is 12. The number of aliphatic hydroxyl groups excluding tert-OH is 1. The average Bonchev–Trinajstić information content (AvgIpc) is 2.70. The van der Waals surface area contributed by atoms with Gasteiger partial charge in [0.05, 0.1) is 43.3 Å². The molecular formula is C20H25ClO6S. The summed E-state index contributed by atoms with van der Waals surface area (Å²) in [5, 5.41) is 9.95. The van der Waals surface area contributed by atoms with Gasteiger partial charge in [-0.2, -0.15) is 8.42 Å². The van der Waals surface area contributed by atoms with Gasteiger partial charge in [-0.3, -0.25) is 4.18 Å². The molecule has 0 saturated heterocycles. The van der Waals surface area contributed by atoms with Crippen molar-refractivity contribution >= 4 is 21.7 Å². The molecule has 2 unspecified atom stereocenters. The summed E-state index contributed by atoms with van der Waals surface area (Å²) in [6, 6.07) is 16.0. The molecule has 0 saturated carbocycles. The van der Waals surface area contributed by atoms with Gasteiger partial charge >= 0.3 is 0 Å². The summed E-state index contributed by atoms with van der Waals surface area (Å²) in [7, 11) is -3.93. The van der Waals surface area contributed by atoms with E-state index >= 15 is 0 Å². The van der Waals surface area contributed by atoms with Crippen LogP contribution >= 0.6 is 11.6 Å². The minimum atomic E-state index is -3.93. The molecule has 0 spiro atoms. The van der Waals surface area contributed by atoms with E-state index in [1.54, 1.807) is 12.1 Å². The Balaban J connectivity index is 1.71. The van der Waals surface area contributed by atoms with E-state index in [1.165, 1.54) is 12.1 Å². The standard InChI is InChI=1S/C20H25ClO6S/c1-16-7-9-20(10-8-16)28(23,24)27-14-18(22)13-26-19(11-21)15-25-12-17-5-3-2-4-6-17/h2-10,18-19,22H,11-15H2,1H3. The number of aliphatic hydroxyl groups is 1. The SMILES string of the molecule is Cc1ccc(S(=O)(=O)OCC(O)COC(CCl)COCc2ccccc2)cc1. The first kappa shape index (κ1) is 22.8. The van der Waals surface area contributed by atoms with Gasteiger partial charge in [0.2, 0.25) is 0 Å². The number of halogens is 1. The van der Waals surface area contributed by atoms with E-state index in [-0.39, 0.29) is 24.0 Å². The lowest BCUT2D eigenvalue weighted by Gasteiger charge is -2.18. The van der Waals surface area contributed by atoms with Crippen LogP contribution in [0.15, 0.2) is 59.5 Å². The van der Waals surface area contributed by atoms with Crippen molar-refractivity contribution in [2.45, 2.75) is 30.6 Å². The molecule has 0 aromatic heterocycles. The summed E-state index contributed by atoms with van der Waals surface area (Å²) in [6.45, 7) is 2.02. The first-order valence-electron chi connectivity index (χ1n) is 8.84. The number of aryl methyl sites for hydroxylation is 1. The van der Waals surface area contributed by atoms with Gasteiger partial charge in [0.25, 0.3) is 10.1 Å². The van der Waals surface area contributed by atoms with Crippen molar-refractivity contribution in [2.75, 3.05) is 25.7 Å². The predicted octanol–water partition coefficient (Wildman–Crippen LogP) is 2.90. The highest BCUT2D eigenvalue weighted by Crippen LogP contribution is 2.13. The number of alkyl halides is 1. The predicted molar refractivity (Wildman–Crippen MR) is 107 cm³/mol. The van der Waals surface area contributed by atoms with Crippen LogP contribution in [-0.2, 0) is 30.4 Å². The topological polar surface area (TPSA) is 82.1 Å². The number of hydrogen-bond acceptors (Lipinski definition) is 6. The first-order chi connectivity index (χ1) is 13.4. The highest BCUT2D eigenvalue weighted by Gasteiger charge is 2.18. The van der Waals surface area contributed by atoms with Crippen LogP contribution in [0, 0.1) is 6.92 Å². The van der Waals surface area contributed by atoms with E-state index in [9.17, 15) is 13.5 Å². The van der Waals surface area contributed by atoms with Crippen LogP contribution in [0.4, 0.5) is 0 Å². The van der Waals surface area contributed by atoms with E-state index < -0.39 is 28.9 Å². The summed E-state index contributed by atoms with van der Waals surface area (Å²) in [5.74, 6) is 0.185. The molecule has 0 fully saturated rings. The molecular weight excluding hydrogens is 404 g/mol. The molecule has 8 heteroatoms. The van der Waals surface area contributed by atoms with Crippen molar-refractivity contribution in [3.8, 4) is 0 Å². The molecule has 0 aliphatic heterocycles. The molecule has 28 heavy (non-hydrogen) atoms. The van der Waals surface area contributed by atoms with Gasteiger partial charge in [-0.15, -0.1) is 11.6 Å². The Bertz CT molecular complexity index is 795. The minimum Gasteiger partial charge on any atom is -0.388 e. The van der Waals surface area contributed by atoms with Crippen LogP contribution < -0.4 is 0 Å². The van der Waals surface area contributed by atoms with Gasteiger partial charge in [0.15, 0.2) is 0 Å². The maximum absolute atomic E-state index is 12.1. The second-order valence-corrected chi connectivity index (χ2v) is 8.24. The van der Waals surface area contributed by atoms with Crippen LogP contribution in [0.5, 0.6) is 0 Å². The average molecular weight is 429 g/mol. The summed E-state index contributed by atoms with van der Waals surface area (Å²) >= 11 is 5.86. The van der Waals surface area contributed by atoms with Crippen LogP contribution in [0.25, 0.3) is 0 Å². The van der Waals surface area contributed by atoms with Crippen molar-refractivity contribution in [1.29, 1.82) is 0 Å². The largest absolute Gasteiger partial charge is 0.388 e. The Morgan fingerprint density at radius 1 is 1.00 bits per heavy atom. The molecule has 6 nitrogen and oxygen atoms in total. The molecule has 0 aliphatic carbocycles. The molecule has 2 aromatic rings. The van der Waals surface area contributed by atoms with Gasteiger partial charge in [0.1, 0.15) is 6.10 Å². The van der Waals surface area contributed by atoms with Gasteiger partial charge < -0.3 is 14.6 Å². The highest BCUT2D eigenvalue weighted by atomic mass is 35.5. The molecule has 0 aliphatic rings. The van der Waals surface area contributed by atoms with Gasteiger partial charge in [0, 0.05) is 0 Å². The van der Waals surface area contributed by atoms with Gasteiger partial charge in [-0.25, -0.2) is 0 Å². The Morgan fingerprint density at radius 2 is 1.68 bits per heavy atom. The summed E-state index contributed by atoms with van der Waals surface area (Å²) in [5.41, 5.74) is 1.97. The van der Waals surface area contributed by atoms with Crippen molar-refractivity contribution in [2.24, 2.45) is 0 Å². The maximum atomic E-state index is 12.1. The summed E-state index contributed by atoms with van der Waals surface area (Å²) in [6.07, 6.45) is -1.53. The van der Waals surface area contributed by atoms with E-state index in [1.807, 2.05) is 37.3 Å². The Kier molecular flexibility index (Phi) is 9.37. The molecule has 2 atom stereocenters. The van der Waals surface area contributed by atoms with Crippen LogP contribution in [0.2, 0.25) is 0 Å². The second-order valence-electron chi connectivity index (χ2n) is 6.32. The summed E-state index contributed by atoms with van der Waals surface area (Å²) in [4.78, 5) is 0.0409. The lowest BCUT2D eigenvalue weighted by Crippen LogP contribution is -2.30. The fraction of sp³-hybridized carbons (Fsp3) is 0.400. The Labute approximate surface area is 171 Å². The number of ether oxygens (including phenoxy) is 2. The molecule has 0 radical (unpaired) electrons. The van der Waals surface area contributed by atoms with Crippen molar-refractivity contribution in [1.82, 2.24) is 0 Å². The van der Waals surface area contributed by atoms with E-state index in [4.69, 9.17) is 25.3 Å². The van der Waals surface area contributed by atoms with Crippen molar-refractivity contribution < 1.29 is 27.2 Å². The smallest absolute Gasteiger partial charge is 0.297 e. The second kappa shape index (κ2) is 11.5. The highest BCUT2D eigenvalue weighted by molar-refractivity contribution is 7.86. The normalized spacial score (nSPS) is 14.0. The molecule has 0 amide bonds. The van der Waals surface area contributed by atoms with Crippen LogP contribution in [0.3, 0.4) is 0 Å². The first-order valence-corrected chi connectivity index (χ1v) is 10.8. The fourth-order valence-corrected chi connectivity index (χ4v) is 3.38. The third kappa shape index (κ3) is 7.87. The van der Waals surface area contributed by atoms with E-state index in [0.717, 1.165) is 11.1 Å². The van der Waals surface area contributed by atoms with Crippen LogP contribution in [-0.4, -0.2) is 51.4 Å². The molecule has 2 rings (SSSR count). The lowest BCUT2D eigenvalue weighted by atomic mass is 10.2. The third-order valence-corrected chi connectivity index (χ3v) is 5.48. The zero-order valence-electron chi connectivity index (χ0n) is 15.7. The van der Waals surface area contributed by atoms with Gasteiger partial charge in [-0.05, 0) is 24.6 Å². The number of benzene rings is 2. The monoisotopic (exact) mass is 428 g/mol. The molecule has 0 heterocycles. The van der Waals surface area contributed by atoms with Crippen molar-refractivity contribution in [3.05, 3.63) is 65.7 Å². The lowest BCUT2D eigenvalue weighted by molar-refractivity contribution is -0.0505. The van der Waals surface area contributed by atoms with E-state index in [2.05, 4.69) is 0 Å². The van der Waals surface area contributed by atoms with Crippen molar-refractivity contribution in [3.63, 3.8) is 0 Å². The Hall–Kier alpha value is -1.48. The summed E-state index contributed by atoms with van der Waals surface area (Å²) < 4.78 is 40.2. The zero-order valence-corrected chi connectivity index (χ0v) is 17.2. The Morgan fingerprint density at radius 3 is 2.32 bits per heavy atom. The fourth-order valence-electron chi connectivity index (χ4n) is 2.26. The third-order valence-electron chi connectivity index (χ3n) is 3.84. The zero-order chi connectivity index (χ0) is 20.4. The molecule has 154 valence electrons. The molecule has 2 aromatic carbocycles. The van der Waals surface area contributed by atoms with Crippen LogP contribution in [0.1, 0.15) is 11.1 Å². The van der Waals surface area contributed by atoms with Gasteiger partial charge in [-0.1, -0.05) is 48.0 Å². The molecule has 0 bridgehead atoms. The maximum Gasteiger partial charge on any atom is 0.297 e. The number of hydrogen-bond donors (Lipinski definition) is 1. The molecule has 1 N–H and O–H groups in total.